The van der Waals surface area contributed by atoms with Crippen LogP contribution in [-0.4, -0.2) is 34.7 Å². The largest absolute Gasteiger partial charge is 0.462 e. The molecule has 0 spiro atoms. The third kappa shape index (κ3) is 1.56. The number of esters is 1. The van der Waals surface area contributed by atoms with Crippen LogP contribution in [0.25, 0.3) is 21.9 Å². The lowest BCUT2D eigenvalue weighted by Gasteiger charge is -2.05. The number of nitrogens with zero attached hydrogens (tertiary/aromatic N) is 3. The molecule has 7 heteroatoms. The molecule has 0 fully saturated rings. The van der Waals surface area contributed by atoms with E-state index in [2.05, 4.69) is 10.3 Å². The van der Waals surface area contributed by atoms with E-state index in [1.165, 1.54) is 7.11 Å². The number of carbonyl (C=O) groups excluding carboxylic acids is 1. The summed E-state index contributed by atoms with van der Waals surface area (Å²) in [5, 5.41) is 8.29. The van der Waals surface area contributed by atoms with Gasteiger partial charge in [0.2, 0.25) is 0 Å². The van der Waals surface area contributed by atoms with E-state index >= 15 is 0 Å². The minimum Gasteiger partial charge on any atom is -0.462 e. The molecule has 0 saturated heterocycles. The molecule has 0 aliphatic rings. The van der Waals surface area contributed by atoms with Crippen molar-refractivity contribution in [2.45, 2.75) is 13.8 Å². The van der Waals surface area contributed by atoms with E-state index in [0.29, 0.717) is 34.3 Å². The molecule has 0 bridgehead atoms. The van der Waals surface area contributed by atoms with Crippen LogP contribution in [0, 0.1) is 6.92 Å². The van der Waals surface area contributed by atoms with Crippen molar-refractivity contribution in [2.24, 2.45) is 0 Å². The van der Waals surface area contributed by atoms with Gasteiger partial charge in [0, 0.05) is 5.39 Å². The molecule has 1 aromatic carbocycles. The molecule has 0 aliphatic heterocycles. The van der Waals surface area contributed by atoms with Crippen molar-refractivity contribution < 1.29 is 19.0 Å². The molecule has 0 amide bonds. The molecule has 0 atom stereocenters. The number of hydrogen-bond acceptors (Lipinski definition) is 6. The zero-order chi connectivity index (χ0) is 14.3. The Morgan fingerprint density at radius 2 is 2.20 bits per heavy atom. The van der Waals surface area contributed by atoms with Crippen LogP contribution in [-0.2, 0) is 4.74 Å². The van der Waals surface area contributed by atoms with Crippen LogP contribution in [0.15, 0.2) is 16.8 Å². The summed E-state index contributed by atoms with van der Waals surface area (Å²) in [4.78, 5) is 17.5. The van der Waals surface area contributed by atoms with Crippen molar-refractivity contribution in [1.29, 1.82) is 0 Å². The average molecular weight is 275 g/mol. The highest BCUT2D eigenvalue weighted by Gasteiger charge is 2.25. The molecule has 0 saturated carbocycles. The lowest BCUT2D eigenvalue weighted by Crippen LogP contribution is -2.10. The molecular weight excluding hydrogens is 262 g/mol. The fourth-order valence-corrected chi connectivity index (χ4v) is 2.41. The maximum atomic E-state index is 12.2. The molecule has 3 aromatic rings. The molecule has 2 aromatic heterocycles. The summed E-state index contributed by atoms with van der Waals surface area (Å²) in [5.74, 6) is -0.415. The number of carbonyl (C=O) groups is 1. The van der Waals surface area contributed by atoms with Gasteiger partial charge in [-0.15, -0.1) is 0 Å². The first-order chi connectivity index (χ1) is 9.69. The van der Waals surface area contributed by atoms with E-state index in [0.717, 1.165) is 5.52 Å². The minimum atomic E-state index is -0.415. The zero-order valence-electron chi connectivity index (χ0n) is 11.3. The van der Waals surface area contributed by atoms with Crippen molar-refractivity contribution in [2.75, 3.05) is 13.7 Å². The van der Waals surface area contributed by atoms with Gasteiger partial charge >= 0.3 is 5.97 Å². The van der Waals surface area contributed by atoms with Gasteiger partial charge in [-0.1, -0.05) is 0 Å². The molecule has 2 heterocycles. The van der Waals surface area contributed by atoms with Gasteiger partial charge in [-0.05, 0) is 36.3 Å². The number of fused-ring (bicyclic) bond motifs is 3. The Labute approximate surface area is 114 Å². The molecule has 0 aliphatic carbocycles. The molecule has 0 unspecified atom stereocenters. The normalized spacial score (nSPS) is 11.2. The third-order valence-electron chi connectivity index (χ3n) is 3.20. The van der Waals surface area contributed by atoms with Gasteiger partial charge in [-0.2, -0.15) is 4.73 Å². The second kappa shape index (κ2) is 4.52. The number of aromatic nitrogens is 3. The summed E-state index contributed by atoms with van der Waals surface area (Å²) in [7, 11) is 1.53. The van der Waals surface area contributed by atoms with Crippen LogP contribution in [0.4, 0.5) is 0 Å². The fraction of sp³-hybridized carbons (Fsp3) is 0.308. The summed E-state index contributed by atoms with van der Waals surface area (Å²) < 4.78 is 11.4. The summed E-state index contributed by atoms with van der Waals surface area (Å²) in [6.45, 7) is 3.84. The number of hydrogen-bond donors (Lipinski definition) is 0. The summed E-state index contributed by atoms with van der Waals surface area (Å²) in [6, 6.07) is 3.57. The van der Waals surface area contributed by atoms with Crippen molar-refractivity contribution in [1.82, 2.24) is 15.0 Å². The van der Waals surface area contributed by atoms with Gasteiger partial charge in [0.25, 0.3) is 0 Å². The average Bonchev–Trinajstić information content (AvgIpc) is 2.99. The van der Waals surface area contributed by atoms with Crippen LogP contribution in [0.2, 0.25) is 0 Å². The summed E-state index contributed by atoms with van der Waals surface area (Å²) in [5.41, 5.74) is 2.89. The van der Waals surface area contributed by atoms with E-state index in [4.69, 9.17) is 14.2 Å². The molecule has 0 N–H and O–H groups in total. The molecule has 0 radical (unpaired) electrons. The lowest BCUT2D eigenvalue weighted by atomic mass is 10.1. The SMILES string of the molecule is CCOC(=O)c1c(C)n(OC)c2ccc3nonc3c12. The summed E-state index contributed by atoms with van der Waals surface area (Å²) >= 11 is 0. The standard InChI is InChI=1S/C13H13N3O4/c1-4-19-13(17)10-7(2)16(18-3)9-6-5-8-12(11(9)10)15-20-14-8/h5-6H,4H2,1-3H3. The lowest BCUT2D eigenvalue weighted by molar-refractivity contribution is 0.0525. The third-order valence-corrected chi connectivity index (χ3v) is 3.20. The smallest absolute Gasteiger partial charge is 0.340 e. The highest BCUT2D eigenvalue weighted by Crippen LogP contribution is 2.31. The van der Waals surface area contributed by atoms with Crippen molar-refractivity contribution in [3.8, 4) is 0 Å². The molecular formula is C13H13N3O4. The maximum Gasteiger partial charge on any atom is 0.340 e. The van der Waals surface area contributed by atoms with Gasteiger partial charge < -0.3 is 9.57 Å². The number of benzene rings is 1. The second-order valence-corrected chi connectivity index (χ2v) is 4.25. The highest BCUT2D eigenvalue weighted by atomic mass is 16.6. The fourth-order valence-electron chi connectivity index (χ4n) is 2.41. The minimum absolute atomic E-state index is 0.297. The van der Waals surface area contributed by atoms with E-state index < -0.39 is 5.97 Å². The topological polar surface area (TPSA) is 79.4 Å². The molecule has 20 heavy (non-hydrogen) atoms. The molecule has 3 rings (SSSR count). The van der Waals surface area contributed by atoms with Gasteiger partial charge in [0.1, 0.15) is 18.1 Å². The Balaban J connectivity index is 2.44. The Hall–Kier alpha value is -2.57. The van der Waals surface area contributed by atoms with Crippen molar-refractivity contribution in [3.63, 3.8) is 0 Å². The van der Waals surface area contributed by atoms with Crippen LogP contribution in [0.3, 0.4) is 0 Å². The summed E-state index contributed by atoms with van der Waals surface area (Å²) in [6.07, 6.45) is 0. The Kier molecular flexibility index (Phi) is 2.81. The molecule has 7 nitrogen and oxygen atoms in total. The maximum absolute atomic E-state index is 12.2. The Morgan fingerprint density at radius 1 is 1.40 bits per heavy atom. The second-order valence-electron chi connectivity index (χ2n) is 4.25. The number of rotatable bonds is 3. The monoisotopic (exact) mass is 275 g/mol. The van der Waals surface area contributed by atoms with Gasteiger partial charge in [-0.25, -0.2) is 9.42 Å². The Morgan fingerprint density at radius 3 is 2.90 bits per heavy atom. The van der Waals surface area contributed by atoms with Crippen LogP contribution in [0.5, 0.6) is 0 Å². The highest BCUT2D eigenvalue weighted by molar-refractivity contribution is 6.15. The van der Waals surface area contributed by atoms with Gasteiger partial charge in [0.15, 0.2) is 0 Å². The molecule has 104 valence electrons. The van der Waals surface area contributed by atoms with E-state index in [1.807, 2.05) is 0 Å². The van der Waals surface area contributed by atoms with E-state index in [-0.39, 0.29) is 0 Å². The first-order valence-electron chi connectivity index (χ1n) is 6.17. The van der Waals surface area contributed by atoms with E-state index in [9.17, 15) is 4.79 Å². The van der Waals surface area contributed by atoms with Gasteiger partial charge in [-0.3, -0.25) is 0 Å². The quantitative estimate of drug-likeness (QED) is 0.677. The predicted octanol–water partition coefficient (Wildman–Crippen LogP) is 1.72. The number of ether oxygens (including phenoxy) is 1. The predicted molar refractivity (Wildman–Crippen MR) is 70.5 cm³/mol. The zero-order valence-corrected chi connectivity index (χ0v) is 11.3. The van der Waals surface area contributed by atoms with Crippen molar-refractivity contribution in [3.05, 3.63) is 23.4 Å². The van der Waals surface area contributed by atoms with Crippen molar-refractivity contribution >= 4 is 27.9 Å². The Bertz CT molecular complexity index is 803. The van der Waals surface area contributed by atoms with Crippen LogP contribution >= 0.6 is 0 Å². The first kappa shape index (κ1) is 12.5. The first-order valence-corrected chi connectivity index (χ1v) is 6.17. The van der Waals surface area contributed by atoms with Crippen LogP contribution in [0.1, 0.15) is 23.0 Å². The van der Waals surface area contributed by atoms with E-state index in [1.54, 1.807) is 30.7 Å². The van der Waals surface area contributed by atoms with Crippen LogP contribution < -0.4 is 4.84 Å². The van der Waals surface area contributed by atoms with Gasteiger partial charge in [0.05, 0.1) is 23.4 Å².